The summed E-state index contributed by atoms with van der Waals surface area (Å²) >= 11 is 1.14. The Balaban J connectivity index is 1.60. The Labute approximate surface area is 176 Å². The summed E-state index contributed by atoms with van der Waals surface area (Å²) in [7, 11) is 0. The smallest absolute Gasteiger partial charge is 0.251 e. The van der Waals surface area contributed by atoms with Crippen LogP contribution in [0.2, 0.25) is 0 Å². The van der Waals surface area contributed by atoms with Crippen LogP contribution in [0.3, 0.4) is 0 Å². The molecule has 1 heterocycles. The van der Waals surface area contributed by atoms with Gasteiger partial charge in [-0.25, -0.2) is 9.37 Å². The number of anilines is 2. The minimum atomic E-state index is -0.546. The Kier molecular flexibility index (Phi) is 6.53. The van der Waals surface area contributed by atoms with Gasteiger partial charge in [0.1, 0.15) is 5.82 Å². The van der Waals surface area contributed by atoms with Crippen LogP contribution in [0.4, 0.5) is 15.2 Å². The molecule has 7 nitrogen and oxygen atoms in total. The molecule has 3 aromatic rings. The zero-order chi connectivity index (χ0) is 21.7. The molecule has 3 N–H and O–H groups in total. The van der Waals surface area contributed by atoms with E-state index in [9.17, 15) is 18.8 Å². The van der Waals surface area contributed by atoms with E-state index in [1.54, 1.807) is 23.6 Å². The molecular formula is C21H19FN4O3S. The van der Waals surface area contributed by atoms with Crippen molar-refractivity contribution in [2.75, 3.05) is 17.2 Å². The maximum atomic E-state index is 14.3. The fraction of sp³-hybridized carbons (Fsp3) is 0.143. The Morgan fingerprint density at radius 1 is 1.10 bits per heavy atom. The zero-order valence-electron chi connectivity index (χ0n) is 16.3. The van der Waals surface area contributed by atoms with Gasteiger partial charge in [-0.3, -0.25) is 14.4 Å². The fourth-order valence-corrected chi connectivity index (χ4v) is 3.43. The second-order valence-corrected chi connectivity index (χ2v) is 7.32. The molecule has 0 fully saturated rings. The standard InChI is InChI=1S/C21H19FN4O3S/c1-12-5-3-4-6-15(12)20(29)23-10-19(28)26-21-25-18(11-30-21)16-8-7-14(9-17(16)22)24-13(2)27/h3-9,11H,10H2,1-2H3,(H,23,29)(H,24,27)(H,25,26,28). The van der Waals surface area contributed by atoms with Gasteiger partial charge in [0, 0.05) is 29.1 Å². The molecule has 0 aliphatic heterocycles. The molecule has 3 rings (SSSR count). The number of carbonyl (C=O) groups excluding carboxylic acids is 3. The van der Waals surface area contributed by atoms with Gasteiger partial charge in [0.15, 0.2) is 5.13 Å². The van der Waals surface area contributed by atoms with Crippen LogP contribution in [0.5, 0.6) is 0 Å². The zero-order valence-corrected chi connectivity index (χ0v) is 17.1. The summed E-state index contributed by atoms with van der Waals surface area (Å²) in [4.78, 5) is 39.6. The normalized spacial score (nSPS) is 10.4. The maximum Gasteiger partial charge on any atom is 0.251 e. The summed E-state index contributed by atoms with van der Waals surface area (Å²) in [6.45, 7) is 2.93. The average Bonchev–Trinajstić information content (AvgIpc) is 3.14. The predicted octanol–water partition coefficient (Wildman–Crippen LogP) is 3.58. The summed E-state index contributed by atoms with van der Waals surface area (Å²) < 4.78 is 14.3. The van der Waals surface area contributed by atoms with E-state index < -0.39 is 11.7 Å². The van der Waals surface area contributed by atoms with Crippen molar-refractivity contribution >= 4 is 39.9 Å². The summed E-state index contributed by atoms with van der Waals surface area (Å²) in [6, 6.07) is 11.4. The molecule has 3 amide bonds. The molecule has 0 aliphatic rings. The molecule has 0 saturated carbocycles. The minimum Gasteiger partial charge on any atom is -0.343 e. The number of benzene rings is 2. The van der Waals surface area contributed by atoms with Crippen molar-refractivity contribution in [3.05, 3.63) is 64.8 Å². The van der Waals surface area contributed by atoms with E-state index in [2.05, 4.69) is 20.9 Å². The third-order valence-corrected chi connectivity index (χ3v) is 4.87. The minimum absolute atomic E-state index is 0.220. The molecule has 0 radical (unpaired) electrons. The number of rotatable bonds is 6. The number of nitrogens with one attached hydrogen (secondary N) is 3. The molecule has 0 spiro atoms. The van der Waals surface area contributed by atoms with Gasteiger partial charge in [0.25, 0.3) is 5.91 Å². The van der Waals surface area contributed by atoms with E-state index in [1.165, 1.54) is 19.1 Å². The molecule has 9 heteroatoms. The second kappa shape index (κ2) is 9.27. The largest absolute Gasteiger partial charge is 0.343 e. The first-order valence-electron chi connectivity index (χ1n) is 9.00. The fourth-order valence-electron chi connectivity index (χ4n) is 2.71. The molecule has 0 saturated heterocycles. The third kappa shape index (κ3) is 5.26. The Morgan fingerprint density at radius 2 is 1.87 bits per heavy atom. The van der Waals surface area contributed by atoms with Crippen molar-refractivity contribution in [1.29, 1.82) is 0 Å². The topological polar surface area (TPSA) is 100 Å². The molecule has 30 heavy (non-hydrogen) atoms. The molecule has 0 bridgehead atoms. The van der Waals surface area contributed by atoms with E-state index in [0.717, 1.165) is 16.9 Å². The van der Waals surface area contributed by atoms with Crippen molar-refractivity contribution in [3.63, 3.8) is 0 Å². The first-order chi connectivity index (χ1) is 14.3. The van der Waals surface area contributed by atoms with Crippen LogP contribution in [0.25, 0.3) is 11.3 Å². The molecule has 1 aromatic heterocycles. The number of aryl methyl sites for hydroxylation is 1. The number of hydrogen-bond acceptors (Lipinski definition) is 5. The summed E-state index contributed by atoms with van der Waals surface area (Å²) in [6.07, 6.45) is 0. The molecule has 2 aromatic carbocycles. The number of amides is 3. The molecule has 0 unspecified atom stereocenters. The van der Waals surface area contributed by atoms with Gasteiger partial charge < -0.3 is 16.0 Å². The molecule has 154 valence electrons. The lowest BCUT2D eigenvalue weighted by Crippen LogP contribution is -2.33. The van der Waals surface area contributed by atoms with Crippen LogP contribution in [0.1, 0.15) is 22.8 Å². The second-order valence-electron chi connectivity index (χ2n) is 6.46. The number of halogens is 1. The van der Waals surface area contributed by atoms with Gasteiger partial charge in [0.2, 0.25) is 11.8 Å². The van der Waals surface area contributed by atoms with Crippen molar-refractivity contribution in [2.45, 2.75) is 13.8 Å². The quantitative estimate of drug-likeness (QED) is 0.561. The van der Waals surface area contributed by atoms with Crippen molar-refractivity contribution in [2.24, 2.45) is 0 Å². The van der Waals surface area contributed by atoms with Crippen molar-refractivity contribution in [3.8, 4) is 11.3 Å². The van der Waals surface area contributed by atoms with E-state index in [1.807, 2.05) is 19.1 Å². The third-order valence-electron chi connectivity index (χ3n) is 4.12. The van der Waals surface area contributed by atoms with E-state index in [0.29, 0.717) is 16.9 Å². The van der Waals surface area contributed by atoms with Gasteiger partial charge in [-0.1, -0.05) is 18.2 Å². The van der Waals surface area contributed by atoms with Gasteiger partial charge in [-0.15, -0.1) is 11.3 Å². The number of hydrogen-bond donors (Lipinski definition) is 3. The summed E-state index contributed by atoms with van der Waals surface area (Å²) in [5.74, 6) is -1.63. The Bertz CT molecular complexity index is 1110. The highest BCUT2D eigenvalue weighted by molar-refractivity contribution is 7.14. The predicted molar refractivity (Wildman–Crippen MR) is 114 cm³/mol. The molecule has 0 atom stereocenters. The SMILES string of the molecule is CC(=O)Nc1ccc(-c2csc(NC(=O)CNC(=O)c3ccccc3C)n2)c(F)c1. The monoisotopic (exact) mass is 426 g/mol. The van der Waals surface area contributed by atoms with Crippen molar-refractivity contribution < 1.29 is 18.8 Å². The van der Waals surface area contributed by atoms with Crippen molar-refractivity contribution in [1.82, 2.24) is 10.3 Å². The van der Waals surface area contributed by atoms with Gasteiger partial charge >= 0.3 is 0 Å². The number of nitrogens with zero attached hydrogens (tertiary/aromatic N) is 1. The van der Waals surface area contributed by atoms with E-state index in [4.69, 9.17) is 0 Å². The first kappa shape index (κ1) is 21.1. The highest BCUT2D eigenvalue weighted by atomic mass is 32.1. The van der Waals surface area contributed by atoms with Crippen LogP contribution in [0.15, 0.2) is 47.8 Å². The van der Waals surface area contributed by atoms with Gasteiger partial charge in [-0.05, 0) is 36.8 Å². The lowest BCUT2D eigenvalue weighted by molar-refractivity contribution is -0.115. The summed E-state index contributed by atoms with van der Waals surface area (Å²) in [5.41, 5.74) is 2.25. The van der Waals surface area contributed by atoms with E-state index >= 15 is 0 Å². The number of thiazole rings is 1. The van der Waals surface area contributed by atoms with Crippen LogP contribution >= 0.6 is 11.3 Å². The summed E-state index contributed by atoms with van der Waals surface area (Å²) in [5, 5.41) is 9.54. The first-order valence-corrected chi connectivity index (χ1v) is 9.88. The lowest BCUT2D eigenvalue weighted by atomic mass is 10.1. The molecule has 0 aliphatic carbocycles. The highest BCUT2D eigenvalue weighted by Gasteiger charge is 2.14. The Hall–Kier alpha value is -3.59. The number of aromatic nitrogens is 1. The van der Waals surface area contributed by atoms with Gasteiger partial charge in [-0.2, -0.15) is 0 Å². The van der Waals surface area contributed by atoms with Crippen LogP contribution in [-0.4, -0.2) is 29.3 Å². The number of carbonyl (C=O) groups is 3. The van der Waals surface area contributed by atoms with Crippen LogP contribution < -0.4 is 16.0 Å². The van der Waals surface area contributed by atoms with Crippen LogP contribution in [0, 0.1) is 12.7 Å². The highest BCUT2D eigenvalue weighted by Crippen LogP contribution is 2.28. The average molecular weight is 426 g/mol. The maximum absolute atomic E-state index is 14.3. The van der Waals surface area contributed by atoms with Gasteiger partial charge in [0.05, 0.1) is 12.2 Å². The van der Waals surface area contributed by atoms with Crippen LogP contribution in [-0.2, 0) is 9.59 Å². The lowest BCUT2D eigenvalue weighted by Gasteiger charge is -2.07. The van der Waals surface area contributed by atoms with E-state index in [-0.39, 0.29) is 29.1 Å². The molecular weight excluding hydrogens is 407 g/mol. The Morgan fingerprint density at radius 3 is 2.57 bits per heavy atom.